The van der Waals surface area contributed by atoms with Gasteiger partial charge in [0.15, 0.2) is 6.29 Å². The predicted molar refractivity (Wildman–Crippen MR) is 231 cm³/mol. The number of rotatable bonds is 15. The number of para-hydroxylation sites is 1. The number of aliphatic hydroxyl groups is 1. The van der Waals surface area contributed by atoms with Crippen molar-refractivity contribution in [3.8, 4) is 5.75 Å². The number of carbonyl (C=O) groups is 2. The molecule has 54 heavy (non-hydrogen) atoms. The number of halogens is 2. The van der Waals surface area contributed by atoms with Gasteiger partial charge in [-0.1, -0.05) is 53.5 Å². The number of fused-ring (bicyclic) bond motifs is 1. The van der Waals surface area contributed by atoms with E-state index in [1.54, 1.807) is 5.01 Å². The van der Waals surface area contributed by atoms with E-state index < -0.39 is 0 Å². The van der Waals surface area contributed by atoms with Crippen LogP contribution in [0.4, 0.5) is 5.69 Å². The van der Waals surface area contributed by atoms with Crippen molar-refractivity contribution in [1.82, 2.24) is 14.9 Å². The summed E-state index contributed by atoms with van der Waals surface area (Å²) in [6, 6.07) is 14.4. The normalized spacial score (nSPS) is 12.4. The maximum absolute atomic E-state index is 12.1. The Morgan fingerprint density at radius 2 is 1.74 bits per heavy atom. The molecule has 0 saturated heterocycles. The van der Waals surface area contributed by atoms with Gasteiger partial charge in [0.1, 0.15) is 12.5 Å². The minimum atomic E-state index is 0.0928. The maximum Gasteiger partial charge on any atom is 0.166 e. The Hall–Kier alpha value is -4.41. The average molecular weight is 779 g/mol. The summed E-state index contributed by atoms with van der Waals surface area (Å²) in [6.07, 6.45) is 6.74. The summed E-state index contributed by atoms with van der Waals surface area (Å²) in [4.78, 5) is 20.1. The number of aldehydes is 1. The number of benzene rings is 3. The third kappa shape index (κ3) is 11.1. The molecular weight excluding hydrogens is 721 g/mol. The summed E-state index contributed by atoms with van der Waals surface area (Å²) in [5.74, 6) is 0.811. The van der Waals surface area contributed by atoms with Crippen LogP contribution in [-0.2, 0) is 11.8 Å². The largest absolute Gasteiger partial charge is 0.494 e. The van der Waals surface area contributed by atoms with Gasteiger partial charge in [0.05, 0.1) is 34.2 Å². The summed E-state index contributed by atoms with van der Waals surface area (Å²) in [5, 5.41) is 23.1. The molecule has 292 valence electrons. The van der Waals surface area contributed by atoms with Crippen LogP contribution in [0.3, 0.4) is 0 Å². The lowest BCUT2D eigenvalue weighted by Gasteiger charge is -2.25. The molecular formula is C43H57Cl2N5O4. The summed E-state index contributed by atoms with van der Waals surface area (Å²) in [7, 11) is 8.74. The Kier molecular flexibility index (Phi) is 18.7. The summed E-state index contributed by atoms with van der Waals surface area (Å²) in [5.41, 5.74) is 11.5. The number of nitrogens with zero attached hydrogens (tertiary/aromatic N) is 3. The molecule has 4 rings (SSSR count). The van der Waals surface area contributed by atoms with Crippen molar-refractivity contribution in [3.05, 3.63) is 97.7 Å². The number of allylic oxidation sites excluding steroid dienone is 3. The van der Waals surface area contributed by atoms with Crippen LogP contribution in [0.1, 0.15) is 77.5 Å². The zero-order valence-electron chi connectivity index (χ0n) is 33.7. The van der Waals surface area contributed by atoms with E-state index in [2.05, 4.69) is 54.0 Å². The quantitative estimate of drug-likeness (QED) is 0.0363. The number of aromatic nitrogens is 1. The minimum absolute atomic E-state index is 0.0928. The maximum atomic E-state index is 12.1. The van der Waals surface area contributed by atoms with E-state index in [1.807, 2.05) is 92.4 Å². The molecule has 0 aliphatic carbocycles. The monoisotopic (exact) mass is 777 g/mol. The van der Waals surface area contributed by atoms with E-state index in [0.29, 0.717) is 17.3 Å². The predicted octanol–water partition coefficient (Wildman–Crippen LogP) is 9.41. The zero-order valence-corrected chi connectivity index (χ0v) is 35.2. The number of anilines is 1. The second-order valence-corrected chi connectivity index (χ2v) is 13.9. The molecule has 0 radical (unpaired) electrons. The third-order valence-corrected chi connectivity index (χ3v) is 9.87. The highest BCUT2D eigenvalue weighted by Crippen LogP contribution is 2.41. The van der Waals surface area contributed by atoms with Crippen molar-refractivity contribution in [1.29, 1.82) is 0 Å². The second-order valence-electron chi connectivity index (χ2n) is 13.1. The molecule has 0 fully saturated rings. The van der Waals surface area contributed by atoms with Crippen LogP contribution in [0, 0.1) is 20.8 Å². The van der Waals surface area contributed by atoms with Crippen LogP contribution in [0.25, 0.3) is 28.1 Å². The van der Waals surface area contributed by atoms with Crippen LogP contribution < -0.4 is 15.4 Å². The van der Waals surface area contributed by atoms with Gasteiger partial charge < -0.3 is 34.8 Å². The molecule has 0 amide bonds. The van der Waals surface area contributed by atoms with Crippen molar-refractivity contribution in [2.75, 3.05) is 46.7 Å². The van der Waals surface area contributed by atoms with Gasteiger partial charge in [0.25, 0.3) is 0 Å². The molecule has 4 aromatic rings. The van der Waals surface area contributed by atoms with Crippen molar-refractivity contribution in [2.24, 2.45) is 12.1 Å². The molecule has 0 bridgehead atoms. The van der Waals surface area contributed by atoms with Crippen LogP contribution in [-0.4, -0.2) is 80.9 Å². The molecule has 3 N–H and O–H groups in total. The first kappa shape index (κ1) is 45.7. The SMILES string of the molecule is C/C=C(/C(C)=N\N(C)C)c1c(Cl)ccc(/C(=C/c2cccc3c(C)c(C=O)n(C)c23)CCCOc2cc(C)c(Cl)c(C)c2)c1N[C@H](C)CNC.C=O.CO. The van der Waals surface area contributed by atoms with E-state index in [0.717, 1.165) is 110 Å². The highest BCUT2D eigenvalue weighted by molar-refractivity contribution is 6.36. The summed E-state index contributed by atoms with van der Waals surface area (Å²) >= 11 is 13.5. The number of nitrogens with one attached hydrogen (secondary N) is 2. The first-order chi connectivity index (χ1) is 25.8. The first-order valence-electron chi connectivity index (χ1n) is 17.8. The number of aliphatic hydroxyl groups excluding tert-OH is 1. The second kappa shape index (κ2) is 22.1. The fraction of sp³-hybridized carbons (Fsp3) is 0.372. The Balaban J connectivity index is 0.00000244. The van der Waals surface area contributed by atoms with Crippen molar-refractivity contribution in [3.63, 3.8) is 0 Å². The van der Waals surface area contributed by atoms with E-state index in [4.69, 9.17) is 42.9 Å². The van der Waals surface area contributed by atoms with Gasteiger partial charge in [-0.15, -0.1) is 0 Å². The van der Waals surface area contributed by atoms with Gasteiger partial charge in [-0.25, -0.2) is 0 Å². The van der Waals surface area contributed by atoms with Gasteiger partial charge >= 0.3 is 0 Å². The number of hydrogen-bond acceptors (Lipinski definition) is 8. The standard InChI is InChI=1S/C41H51Cl2N5O2.CH4O.CH2O/c1-11-33(29(6)46-47(8)9)38-36(42)18-17-35(40(38)45-27(4)23-44-7)30(15-13-19-50-32-20-25(2)39(43)26(3)21-32)22-31-14-12-16-34-28(5)37(24-49)48(10)41(31)34;2*1-2/h11-12,14,16-18,20-22,24,27,44-45H,13,15,19,23H2,1-10H3;2H,1H3;1H2/b30-22+,33-11-,46-29-;;/t27-;;/m1../s1. The molecule has 1 aromatic heterocycles. The average Bonchev–Trinajstić information content (AvgIpc) is 3.40. The van der Waals surface area contributed by atoms with Crippen LogP contribution in [0.2, 0.25) is 10.0 Å². The molecule has 0 aliphatic rings. The number of likely N-dealkylation sites (N-methyl/N-ethyl adjacent to an activating group) is 1. The van der Waals surface area contributed by atoms with Gasteiger partial charge in [-0.05, 0) is 114 Å². The molecule has 11 heteroatoms. The Bertz CT molecular complexity index is 1960. The Morgan fingerprint density at radius 1 is 1.09 bits per heavy atom. The van der Waals surface area contributed by atoms with Crippen LogP contribution >= 0.6 is 23.2 Å². The molecule has 0 spiro atoms. The summed E-state index contributed by atoms with van der Waals surface area (Å²) < 4.78 is 8.27. The molecule has 3 aromatic carbocycles. The lowest BCUT2D eigenvalue weighted by Crippen LogP contribution is -2.29. The van der Waals surface area contributed by atoms with Crippen molar-refractivity contribution in [2.45, 2.75) is 60.4 Å². The van der Waals surface area contributed by atoms with Gasteiger partial charge in [-0.2, -0.15) is 5.10 Å². The molecule has 0 aliphatic heterocycles. The van der Waals surface area contributed by atoms with Crippen LogP contribution in [0.5, 0.6) is 5.75 Å². The third-order valence-electron chi connectivity index (χ3n) is 8.96. The molecule has 1 atom stereocenters. The lowest BCUT2D eigenvalue weighted by atomic mass is 9.90. The Labute approximate surface area is 331 Å². The lowest BCUT2D eigenvalue weighted by molar-refractivity contribution is -0.0980. The fourth-order valence-electron chi connectivity index (χ4n) is 6.70. The van der Waals surface area contributed by atoms with E-state index in [-0.39, 0.29) is 6.04 Å². The molecule has 9 nitrogen and oxygen atoms in total. The van der Waals surface area contributed by atoms with Crippen molar-refractivity contribution >= 4 is 75.8 Å². The number of hydrazone groups is 1. The van der Waals surface area contributed by atoms with Crippen molar-refractivity contribution < 1.29 is 19.4 Å². The fourth-order valence-corrected chi connectivity index (χ4v) is 7.06. The molecule has 0 unspecified atom stereocenters. The number of carbonyl (C=O) groups excluding carboxylic acids is 2. The first-order valence-corrected chi connectivity index (χ1v) is 18.6. The summed E-state index contributed by atoms with van der Waals surface area (Å²) in [6.45, 7) is 15.5. The van der Waals surface area contributed by atoms with E-state index >= 15 is 0 Å². The van der Waals surface area contributed by atoms with Gasteiger partial charge in [0.2, 0.25) is 0 Å². The Morgan fingerprint density at radius 3 is 2.31 bits per heavy atom. The number of hydrogen-bond donors (Lipinski definition) is 3. The number of ether oxygens (including phenoxy) is 1. The minimum Gasteiger partial charge on any atom is -0.494 e. The number of aryl methyl sites for hydroxylation is 4. The smallest absolute Gasteiger partial charge is 0.166 e. The van der Waals surface area contributed by atoms with E-state index in [9.17, 15) is 4.79 Å². The molecule has 0 saturated carbocycles. The van der Waals surface area contributed by atoms with Gasteiger partial charge in [-0.3, -0.25) is 4.79 Å². The van der Waals surface area contributed by atoms with Gasteiger partial charge in [0, 0.05) is 67.9 Å². The van der Waals surface area contributed by atoms with E-state index in [1.165, 1.54) is 0 Å². The topological polar surface area (TPSA) is 108 Å². The zero-order chi connectivity index (χ0) is 40.7. The molecule has 1 heterocycles. The van der Waals surface area contributed by atoms with Crippen LogP contribution in [0.15, 0.2) is 53.6 Å². The highest BCUT2D eigenvalue weighted by Gasteiger charge is 2.22. The highest BCUT2D eigenvalue weighted by atomic mass is 35.5.